The number of carbonyl (C=O) groups excluding carboxylic acids is 1. The van der Waals surface area contributed by atoms with Crippen LogP contribution in [0.4, 0.5) is 6.01 Å². The van der Waals surface area contributed by atoms with Crippen LogP contribution in [-0.2, 0) is 11.3 Å². The van der Waals surface area contributed by atoms with Crippen molar-refractivity contribution >= 4 is 34.7 Å². The molecule has 0 saturated carbocycles. The molecule has 2 aromatic carbocycles. The highest BCUT2D eigenvalue weighted by Crippen LogP contribution is 2.30. The lowest BCUT2D eigenvalue weighted by Gasteiger charge is -2.03. The molecule has 0 bridgehead atoms. The zero-order valence-electron chi connectivity index (χ0n) is 13.1. The predicted octanol–water partition coefficient (Wildman–Crippen LogP) is 3.89. The number of oxazole rings is 1. The van der Waals surface area contributed by atoms with Gasteiger partial charge in [0.2, 0.25) is 0 Å². The normalized spacial score (nSPS) is 10.6. The largest absolute Gasteiger partial charge is 0.493 e. The summed E-state index contributed by atoms with van der Waals surface area (Å²) in [7, 11) is 2.82. The minimum Gasteiger partial charge on any atom is -0.493 e. The van der Waals surface area contributed by atoms with E-state index in [1.54, 1.807) is 12.1 Å². The molecule has 0 aliphatic carbocycles. The predicted molar refractivity (Wildman–Crippen MR) is 90.7 cm³/mol. The zero-order chi connectivity index (χ0) is 17.1. The molecule has 1 heterocycles. The molecule has 0 aliphatic heterocycles. The van der Waals surface area contributed by atoms with Crippen LogP contribution < -0.4 is 10.1 Å². The number of methoxy groups -OCH3 is 2. The molecular weight excluding hydrogens is 332 g/mol. The molecule has 0 amide bonds. The second-order valence-electron chi connectivity index (χ2n) is 5.02. The van der Waals surface area contributed by atoms with Crippen LogP contribution in [-0.4, -0.2) is 25.2 Å². The fraction of sp³-hybridized carbons (Fsp3) is 0.176. The third-order valence-corrected chi connectivity index (χ3v) is 3.66. The molecule has 7 heteroatoms. The Morgan fingerprint density at radius 1 is 1.29 bits per heavy atom. The molecule has 3 aromatic rings. The van der Waals surface area contributed by atoms with E-state index in [1.807, 2.05) is 24.3 Å². The zero-order valence-corrected chi connectivity index (χ0v) is 13.9. The van der Waals surface area contributed by atoms with Gasteiger partial charge < -0.3 is 19.2 Å². The van der Waals surface area contributed by atoms with Crippen LogP contribution in [0.25, 0.3) is 11.1 Å². The van der Waals surface area contributed by atoms with Crippen LogP contribution in [0.1, 0.15) is 15.9 Å². The Balaban J connectivity index is 1.88. The molecule has 0 spiro atoms. The quantitative estimate of drug-likeness (QED) is 0.706. The monoisotopic (exact) mass is 346 g/mol. The highest BCUT2D eigenvalue weighted by atomic mass is 35.5. The van der Waals surface area contributed by atoms with Crippen LogP contribution in [0.3, 0.4) is 0 Å². The minimum absolute atomic E-state index is 0.324. The van der Waals surface area contributed by atoms with E-state index in [0.717, 1.165) is 5.56 Å². The van der Waals surface area contributed by atoms with Crippen molar-refractivity contribution in [2.24, 2.45) is 0 Å². The molecular formula is C17H15ClN2O4. The van der Waals surface area contributed by atoms with Crippen molar-refractivity contribution in [3.8, 4) is 5.75 Å². The third kappa shape index (κ3) is 3.28. The highest BCUT2D eigenvalue weighted by molar-refractivity contribution is 6.30. The number of fused-ring (bicyclic) bond motifs is 1. The summed E-state index contributed by atoms with van der Waals surface area (Å²) >= 11 is 5.96. The Hall–Kier alpha value is -2.73. The Labute approximate surface area is 143 Å². The maximum Gasteiger partial charge on any atom is 0.338 e. The second-order valence-corrected chi connectivity index (χ2v) is 5.46. The fourth-order valence-electron chi connectivity index (χ4n) is 2.29. The molecule has 24 heavy (non-hydrogen) atoms. The second kappa shape index (κ2) is 6.80. The third-order valence-electron chi connectivity index (χ3n) is 3.43. The van der Waals surface area contributed by atoms with Crippen LogP contribution in [0.15, 0.2) is 40.8 Å². The summed E-state index contributed by atoms with van der Waals surface area (Å²) < 4.78 is 15.7. The van der Waals surface area contributed by atoms with Crippen LogP contribution >= 0.6 is 11.6 Å². The van der Waals surface area contributed by atoms with Gasteiger partial charge >= 0.3 is 5.97 Å². The van der Waals surface area contributed by atoms with Gasteiger partial charge in [0.25, 0.3) is 6.01 Å². The number of hydrogen-bond donors (Lipinski definition) is 1. The number of esters is 1. The Bertz CT molecular complexity index is 891. The minimum atomic E-state index is -0.466. The average molecular weight is 347 g/mol. The molecule has 1 aromatic heterocycles. The average Bonchev–Trinajstić information content (AvgIpc) is 3.01. The van der Waals surface area contributed by atoms with E-state index >= 15 is 0 Å². The maximum absolute atomic E-state index is 11.7. The standard InChI is InChI=1S/C17H15ClN2O4/c1-22-14-8-11(16(21)23-2)7-13-15(14)24-17(20-13)19-9-10-4-3-5-12(18)6-10/h3-8H,9H2,1-2H3,(H,19,20). The number of halogens is 1. The van der Waals surface area contributed by atoms with E-state index in [4.69, 9.17) is 25.5 Å². The van der Waals surface area contributed by atoms with Crippen LogP contribution in [0.2, 0.25) is 5.02 Å². The topological polar surface area (TPSA) is 73.6 Å². The van der Waals surface area contributed by atoms with Crippen molar-refractivity contribution in [3.63, 3.8) is 0 Å². The van der Waals surface area contributed by atoms with Gasteiger partial charge in [0.05, 0.1) is 19.8 Å². The lowest BCUT2D eigenvalue weighted by molar-refractivity contribution is 0.0600. The lowest BCUT2D eigenvalue weighted by Crippen LogP contribution is -2.01. The summed E-state index contributed by atoms with van der Waals surface area (Å²) in [5.41, 5.74) is 2.30. The van der Waals surface area contributed by atoms with Crippen molar-refractivity contribution in [3.05, 3.63) is 52.5 Å². The number of anilines is 1. The summed E-state index contributed by atoms with van der Waals surface area (Å²) in [6.07, 6.45) is 0. The SMILES string of the molecule is COC(=O)c1cc(OC)c2oc(NCc3cccc(Cl)c3)nc2c1. The van der Waals surface area contributed by atoms with E-state index in [-0.39, 0.29) is 0 Å². The van der Waals surface area contributed by atoms with Crippen molar-refractivity contribution in [2.45, 2.75) is 6.54 Å². The molecule has 1 N–H and O–H groups in total. The Morgan fingerprint density at radius 3 is 2.83 bits per heavy atom. The van der Waals surface area contributed by atoms with Crippen LogP contribution in [0.5, 0.6) is 5.75 Å². The van der Waals surface area contributed by atoms with Gasteiger partial charge in [-0.15, -0.1) is 0 Å². The van der Waals surface area contributed by atoms with Crippen molar-refractivity contribution < 1.29 is 18.7 Å². The summed E-state index contributed by atoms with van der Waals surface area (Å²) in [4.78, 5) is 16.0. The number of aromatic nitrogens is 1. The molecule has 3 rings (SSSR count). The first-order valence-corrected chi connectivity index (χ1v) is 7.53. The van der Waals surface area contributed by atoms with Gasteiger partial charge in [-0.25, -0.2) is 4.79 Å². The first-order chi connectivity index (χ1) is 11.6. The Morgan fingerprint density at radius 2 is 2.12 bits per heavy atom. The smallest absolute Gasteiger partial charge is 0.338 e. The summed E-state index contributed by atoms with van der Waals surface area (Å²) in [6, 6.07) is 11.0. The number of hydrogen-bond acceptors (Lipinski definition) is 6. The Kier molecular flexibility index (Phi) is 4.57. The van der Waals surface area contributed by atoms with Gasteiger partial charge in [-0.1, -0.05) is 23.7 Å². The lowest BCUT2D eigenvalue weighted by atomic mass is 10.2. The van der Waals surface area contributed by atoms with Crippen molar-refractivity contribution in [1.29, 1.82) is 0 Å². The number of nitrogens with one attached hydrogen (secondary N) is 1. The first-order valence-electron chi connectivity index (χ1n) is 7.16. The summed E-state index contributed by atoms with van der Waals surface area (Å²) in [5.74, 6) is -0.0529. The number of ether oxygens (including phenoxy) is 2. The molecule has 0 fully saturated rings. The molecule has 0 atom stereocenters. The van der Waals surface area contributed by atoms with Crippen molar-refractivity contribution in [2.75, 3.05) is 19.5 Å². The van der Waals surface area contributed by atoms with E-state index in [0.29, 0.717) is 40.0 Å². The number of carbonyl (C=O) groups is 1. The fourth-order valence-corrected chi connectivity index (χ4v) is 2.50. The molecule has 6 nitrogen and oxygen atoms in total. The highest BCUT2D eigenvalue weighted by Gasteiger charge is 2.16. The van der Waals surface area contributed by atoms with Crippen LogP contribution in [0, 0.1) is 0 Å². The first kappa shape index (κ1) is 16.1. The summed E-state index contributed by atoms with van der Waals surface area (Å²) in [5, 5.41) is 3.75. The molecule has 0 aliphatic rings. The molecule has 0 unspecified atom stereocenters. The van der Waals surface area contributed by atoms with Gasteiger partial charge in [0, 0.05) is 11.6 Å². The summed E-state index contributed by atoms with van der Waals surface area (Å²) in [6.45, 7) is 0.500. The van der Waals surface area contributed by atoms with E-state index in [9.17, 15) is 4.79 Å². The van der Waals surface area contributed by atoms with E-state index in [1.165, 1.54) is 14.2 Å². The van der Waals surface area contributed by atoms with E-state index < -0.39 is 5.97 Å². The number of benzene rings is 2. The van der Waals surface area contributed by atoms with Gasteiger partial charge in [-0.05, 0) is 29.8 Å². The molecule has 0 saturated heterocycles. The molecule has 0 radical (unpaired) electrons. The number of rotatable bonds is 5. The number of nitrogens with zero attached hydrogens (tertiary/aromatic N) is 1. The maximum atomic E-state index is 11.7. The van der Waals surface area contributed by atoms with Gasteiger partial charge in [-0.3, -0.25) is 0 Å². The van der Waals surface area contributed by atoms with Gasteiger partial charge in [0.15, 0.2) is 11.3 Å². The van der Waals surface area contributed by atoms with Gasteiger partial charge in [-0.2, -0.15) is 4.98 Å². The molecule has 124 valence electrons. The van der Waals surface area contributed by atoms with Gasteiger partial charge in [0.1, 0.15) is 5.52 Å². The van der Waals surface area contributed by atoms with E-state index in [2.05, 4.69) is 10.3 Å². The van der Waals surface area contributed by atoms with Crippen molar-refractivity contribution in [1.82, 2.24) is 4.98 Å².